The molecular formula is C22H31N3O4. The predicted octanol–water partition coefficient (Wildman–Crippen LogP) is 3.07. The number of guanidine groups is 1. The van der Waals surface area contributed by atoms with Crippen LogP contribution in [-0.4, -0.2) is 45.0 Å². The number of hydrogen-bond donors (Lipinski definition) is 3. The van der Waals surface area contributed by atoms with Crippen LogP contribution >= 0.6 is 0 Å². The first kappa shape index (κ1) is 22.4. The average Bonchev–Trinajstić information content (AvgIpc) is 2.76. The summed E-state index contributed by atoms with van der Waals surface area (Å²) in [5.41, 5.74) is 1.81. The highest BCUT2D eigenvalue weighted by Crippen LogP contribution is 2.22. The number of nitrogens with one attached hydrogen (secondary N) is 2. The van der Waals surface area contributed by atoms with Crippen LogP contribution in [0.4, 0.5) is 0 Å². The molecule has 0 amide bonds. The standard InChI is InChI=1S/C22H31N3O4/c1-4-29-13-5-12-23-22(24-15-17-6-8-19(27-2)9-7-17)25-16-18-14-20(28-3)10-11-21(18)26/h6-11,14,26H,4-5,12-13,15-16H2,1-3H3,(H2,23,24,25). The quantitative estimate of drug-likeness (QED) is 0.305. The minimum Gasteiger partial charge on any atom is -0.508 e. The Labute approximate surface area is 172 Å². The van der Waals surface area contributed by atoms with E-state index in [1.165, 1.54) is 0 Å². The molecule has 0 aliphatic heterocycles. The van der Waals surface area contributed by atoms with Crippen LogP contribution in [0.2, 0.25) is 0 Å². The molecule has 0 aromatic heterocycles. The fourth-order valence-corrected chi connectivity index (χ4v) is 2.61. The number of aromatic hydroxyl groups is 1. The number of phenolic OH excluding ortho intramolecular Hbond substituents is 1. The molecule has 0 fully saturated rings. The molecule has 0 saturated carbocycles. The Hall–Kier alpha value is -2.93. The molecule has 0 heterocycles. The zero-order valence-electron chi connectivity index (χ0n) is 17.4. The van der Waals surface area contributed by atoms with Crippen molar-refractivity contribution in [1.29, 1.82) is 0 Å². The summed E-state index contributed by atoms with van der Waals surface area (Å²) in [6.07, 6.45) is 0.876. The van der Waals surface area contributed by atoms with Crippen LogP contribution in [0.25, 0.3) is 0 Å². The van der Waals surface area contributed by atoms with Crippen LogP contribution in [0.15, 0.2) is 47.5 Å². The highest BCUT2D eigenvalue weighted by molar-refractivity contribution is 5.79. The first-order valence-electron chi connectivity index (χ1n) is 9.75. The van der Waals surface area contributed by atoms with Crippen molar-refractivity contribution >= 4 is 5.96 Å². The highest BCUT2D eigenvalue weighted by Gasteiger charge is 2.06. The summed E-state index contributed by atoms with van der Waals surface area (Å²) in [5, 5.41) is 16.7. The molecule has 29 heavy (non-hydrogen) atoms. The van der Waals surface area contributed by atoms with Gasteiger partial charge in [-0.15, -0.1) is 0 Å². The van der Waals surface area contributed by atoms with Gasteiger partial charge in [0.15, 0.2) is 5.96 Å². The molecule has 2 aromatic rings. The van der Waals surface area contributed by atoms with Crippen LogP contribution in [0.3, 0.4) is 0 Å². The summed E-state index contributed by atoms with van der Waals surface area (Å²) in [5.74, 6) is 2.39. The van der Waals surface area contributed by atoms with Crippen molar-refractivity contribution in [3.8, 4) is 17.2 Å². The maximum atomic E-state index is 10.1. The Morgan fingerprint density at radius 2 is 1.72 bits per heavy atom. The topological polar surface area (TPSA) is 84.3 Å². The maximum Gasteiger partial charge on any atom is 0.191 e. The average molecular weight is 402 g/mol. The molecule has 7 heteroatoms. The second-order valence-electron chi connectivity index (χ2n) is 6.34. The van der Waals surface area contributed by atoms with Crippen molar-refractivity contribution in [2.24, 2.45) is 4.99 Å². The van der Waals surface area contributed by atoms with E-state index in [2.05, 4.69) is 15.6 Å². The first-order valence-corrected chi connectivity index (χ1v) is 9.75. The molecule has 0 bridgehead atoms. The number of methoxy groups -OCH3 is 2. The number of phenols is 1. The van der Waals surface area contributed by atoms with Crippen LogP contribution < -0.4 is 20.1 Å². The number of nitrogens with zero attached hydrogens (tertiary/aromatic N) is 1. The lowest BCUT2D eigenvalue weighted by molar-refractivity contribution is 0.145. The molecule has 7 nitrogen and oxygen atoms in total. The van der Waals surface area contributed by atoms with Crippen molar-refractivity contribution in [2.45, 2.75) is 26.4 Å². The molecule has 158 valence electrons. The van der Waals surface area contributed by atoms with Gasteiger partial charge in [0.25, 0.3) is 0 Å². The third-order valence-corrected chi connectivity index (χ3v) is 4.27. The Balaban J connectivity index is 2.00. The molecule has 2 rings (SSSR count). The zero-order chi connectivity index (χ0) is 20.9. The van der Waals surface area contributed by atoms with E-state index in [4.69, 9.17) is 14.2 Å². The van der Waals surface area contributed by atoms with Gasteiger partial charge in [-0.25, -0.2) is 4.99 Å². The van der Waals surface area contributed by atoms with Gasteiger partial charge >= 0.3 is 0 Å². The van der Waals surface area contributed by atoms with Gasteiger partial charge in [0.05, 0.1) is 20.8 Å². The molecule has 3 N–H and O–H groups in total. The van der Waals surface area contributed by atoms with E-state index in [0.717, 1.165) is 29.8 Å². The maximum absolute atomic E-state index is 10.1. The SMILES string of the molecule is CCOCCCNC(=NCc1ccc(OC)cc1)NCc1cc(OC)ccc1O. The summed E-state index contributed by atoms with van der Waals surface area (Å²) in [6, 6.07) is 13.0. The lowest BCUT2D eigenvalue weighted by atomic mass is 10.2. The van der Waals surface area contributed by atoms with E-state index in [1.54, 1.807) is 32.4 Å². The number of ether oxygens (including phenoxy) is 3. The van der Waals surface area contributed by atoms with Gasteiger partial charge in [-0.3, -0.25) is 0 Å². The smallest absolute Gasteiger partial charge is 0.191 e. The van der Waals surface area contributed by atoms with Crippen molar-refractivity contribution in [1.82, 2.24) is 10.6 Å². The van der Waals surface area contributed by atoms with E-state index in [0.29, 0.717) is 38.0 Å². The van der Waals surface area contributed by atoms with Gasteiger partial charge in [-0.2, -0.15) is 0 Å². The van der Waals surface area contributed by atoms with Gasteiger partial charge in [-0.1, -0.05) is 12.1 Å². The molecule has 2 aromatic carbocycles. The molecule has 0 saturated heterocycles. The molecule has 0 spiro atoms. The molecule has 0 aliphatic rings. The molecule has 0 unspecified atom stereocenters. The Bertz CT molecular complexity index is 763. The van der Waals surface area contributed by atoms with Crippen LogP contribution in [-0.2, 0) is 17.8 Å². The Morgan fingerprint density at radius 1 is 1.00 bits per heavy atom. The van der Waals surface area contributed by atoms with Gasteiger partial charge in [-0.05, 0) is 49.2 Å². The third kappa shape index (κ3) is 7.91. The zero-order valence-corrected chi connectivity index (χ0v) is 17.4. The molecular weight excluding hydrogens is 370 g/mol. The summed E-state index contributed by atoms with van der Waals surface area (Å²) in [6.45, 7) is 5.07. The first-order chi connectivity index (χ1) is 14.2. The number of rotatable bonds is 11. The van der Waals surface area contributed by atoms with Crippen molar-refractivity contribution in [2.75, 3.05) is 34.0 Å². The molecule has 0 aliphatic carbocycles. The van der Waals surface area contributed by atoms with E-state index in [-0.39, 0.29) is 5.75 Å². The highest BCUT2D eigenvalue weighted by atomic mass is 16.5. The fraction of sp³-hybridized carbons (Fsp3) is 0.409. The normalized spacial score (nSPS) is 11.2. The van der Waals surface area contributed by atoms with E-state index >= 15 is 0 Å². The Morgan fingerprint density at radius 3 is 2.41 bits per heavy atom. The number of benzene rings is 2. The van der Waals surface area contributed by atoms with Crippen LogP contribution in [0.1, 0.15) is 24.5 Å². The third-order valence-electron chi connectivity index (χ3n) is 4.27. The van der Waals surface area contributed by atoms with Crippen LogP contribution in [0, 0.1) is 0 Å². The van der Waals surface area contributed by atoms with Gasteiger partial charge < -0.3 is 30.0 Å². The number of aliphatic imine (C=N–C) groups is 1. The lowest BCUT2D eigenvalue weighted by Crippen LogP contribution is -2.37. The van der Waals surface area contributed by atoms with E-state index < -0.39 is 0 Å². The minimum absolute atomic E-state index is 0.212. The van der Waals surface area contributed by atoms with Crippen molar-refractivity contribution < 1.29 is 19.3 Å². The summed E-state index contributed by atoms with van der Waals surface area (Å²) >= 11 is 0. The van der Waals surface area contributed by atoms with E-state index in [9.17, 15) is 5.11 Å². The second-order valence-corrected chi connectivity index (χ2v) is 6.34. The molecule has 0 radical (unpaired) electrons. The van der Waals surface area contributed by atoms with Gasteiger partial charge in [0.2, 0.25) is 0 Å². The molecule has 0 atom stereocenters. The predicted molar refractivity (Wildman–Crippen MR) is 115 cm³/mol. The van der Waals surface area contributed by atoms with Gasteiger partial charge in [0.1, 0.15) is 17.2 Å². The lowest BCUT2D eigenvalue weighted by Gasteiger charge is -2.14. The number of hydrogen-bond acceptors (Lipinski definition) is 5. The largest absolute Gasteiger partial charge is 0.508 e. The van der Waals surface area contributed by atoms with Crippen molar-refractivity contribution in [3.63, 3.8) is 0 Å². The van der Waals surface area contributed by atoms with Crippen molar-refractivity contribution in [3.05, 3.63) is 53.6 Å². The minimum atomic E-state index is 0.212. The van der Waals surface area contributed by atoms with Crippen LogP contribution in [0.5, 0.6) is 17.2 Å². The van der Waals surface area contributed by atoms with Gasteiger partial charge in [0, 0.05) is 31.9 Å². The van der Waals surface area contributed by atoms with E-state index in [1.807, 2.05) is 31.2 Å². The summed E-state index contributed by atoms with van der Waals surface area (Å²) < 4.78 is 15.8. The summed E-state index contributed by atoms with van der Waals surface area (Å²) in [4.78, 5) is 4.65. The Kier molecular flexibility index (Phi) is 9.65. The second kappa shape index (κ2) is 12.5. The fourth-order valence-electron chi connectivity index (χ4n) is 2.61. The summed E-state index contributed by atoms with van der Waals surface area (Å²) in [7, 11) is 3.25. The monoisotopic (exact) mass is 401 g/mol.